The molecule has 21 heavy (non-hydrogen) atoms. The van der Waals surface area contributed by atoms with Gasteiger partial charge in [-0.1, -0.05) is 6.92 Å². The number of carbonyl (C=O) groups excluding carboxylic acids is 1. The minimum absolute atomic E-state index is 0.0595. The molecule has 114 valence electrons. The van der Waals surface area contributed by atoms with Crippen molar-refractivity contribution in [2.24, 2.45) is 0 Å². The lowest BCUT2D eigenvalue weighted by atomic mass is 10.1. The van der Waals surface area contributed by atoms with Crippen molar-refractivity contribution >= 4 is 23.4 Å². The molecule has 2 unspecified atom stereocenters. The van der Waals surface area contributed by atoms with Gasteiger partial charge < -0.3 is 4.90 Å². The smallest absolute Gasteiger partial charge is 0.269 e. The summed E-state index contributed by atoms with van der Waals surface area (Å²) in [5, 5.41) is 13.9. The summed E-state index contributed by atoms with van der Waals surface area (Å²) < 4.78 is 0. The first-order chi connectivity index (χ1) is 10.0. The monoisotopic (exact) mass is 309 g/mol. The number of amides is 1. The maximum absolute atomic E-state index is 12.1. The van der Waals surface area contributed by atoms with E-state index in [4.69, 9.17) is 0 Å². The van der Waals surface area contributed by atoms with E-state index in [-0.39, 0.29) is 23.8 Å². The number of nitro benzene ring substituents is 1. The van der Waals surface area contributed by atoms with Crippen molar-refractivity contribution in [2.75, 3.05) is 18.1 Å². The van der Waals surface area contributed by atoms with Crippen molar-refractivity contribution in [3.05, 3.63) is 39.9 Å². The van der Waals surface area contributed by atoms with Gasteiger partial charge in [0.2, 0.25) is 5.91 Å². The lowest BCUT2D eigenvalue weighted by Crippen LogP contribution is -2.39. The van der Waals surface area contributed by atoms with Gasteiger partial charge in [0.25, 0.3) is 5.69 Å². The number of nitrogens with zero attached hydrogens (tertiary/aromatic N) is 2. The molecule has 1 amide bonds. The van der Waals surface area contributed by atoms with E-state index in [2.05, 4.69) is 12.2 Å². The van der Waals surface area contributed by atoms with E-state index in [1.54, 1.807) is 23.9 Å². The first-order valence-corrected chi connectivity index (χ1v) is 8.06. The van der Waals surface area contributed by atoms with Gasteiger partial charge in [0.15, 0.2) is 0 Å². The van der Waals surface area contributed by atoms with E-state index in [0.717, 1.165) is 17.1 Å². The Hall–Kier alpha value is -1.60. The van der Waals surface area contributed by atoms with Gasteiger partial charge in [-0.2, -0.15) is 11.8 Å². The lowest BCUT2D eigenvalue weighted by molar-refractivity contribution is -0.384. The Morgan fingerprint density at radius 2 is 2.14 bits per heavy atom. The van der Waals surface area contributed by atoms with E-state index >= 15 is 0 Å². The fourth-order valence-electron chi connectivity index (χ4n) is 2.44. The second kappa shape index (κ2) is 6.91. The third-order valence-electron chi connectivity index (χ3n) is 3.47. The van der Waals surface area contributed by atoms with Crippen LogP contribution in [-0.2, 0) is 4.79 Å². The molecule has 6 nitrogen and oxygen atoms in total. The fraction of sp³-hybridized carbons (Fsp3) is 0.500. The number of carbonyl (C=O) groups is 1. The van der Waals surface area contributed by atoms with E-state index in [0.29, 0.717) is 6.54 Å². The highest BCUT2D eigenvalue weighted by atomic mass is 32.2. The molecule has 7 heteroatoms. The highest BCUT2D eigenvalue weighted by Crippen LogP contribution is 2.27. The lowest BCUT2D eigenvalue weighted by Gasteiger charge is -2.30. The van der Waals surface area contributed by atoms with Crippen molar-refractivity contribution in [2.45, 2.75) is 26.1 Å². The first kappa shape index (κ1) is 15.8. The van der Waals surface area contributed by atoms with Crippen LogP contribution in [0, 0.1) is 10.1 Å². The number of hydrogen-bond acceptors (Lipinski definition) is 5. The van der Waals surface area contributed by atoms with Crippen LogP contribution in [0.5, 0.6) is 0 Å². The Labute approximate surface area is 128 Å². The van der Waals surface area contributed by atoms with Crippen molar-refractivity contribution < 1.29 is 9.72 Å². The number of nitrogens with one attached hydrogen (secondary N) is 1. The van der Waals surface area contributed by atoms with Crippen molar-refractivity contribution in [3.8, 4) is 0 Å². The molecule has 0 aromatic heterocycles. The van der Waals surface area contributed by atoms with Gasteiger partial charge in [0.05, 0.1) is 11.5 Å². The molecule has 1 heterocycles. The van der Waals surface area contributed by atoms with E-state index in [1.165, 1.54) is 12.1 Å². The summed E-state index contributed by atoms with van der Waals surface area (Å²) in [4.78, 5) is 24.2. The van der Waals surface area contributed by atoms with E-state index in [9.17, 15) is 14.9 Å². The Kier molecular flexibility index (Phi) is 5.19. The highest BCUT2D eigenvalue weighted by molar-refractivity contribution is 7.99. The quantitative estimate of drug-likeness (QED) is 0.644. The largest absolute Gasteiger partial charge is 0.318 e. The van der Waals surface area contributed by atoms with Crippen molar-refractivity contribution in [3.63, 3.8) is 0 Å². The molecule has 1 N–H and O–H groups in total. The molecule has 0 spiro atoms. The third-order valence-corrected chi connectivity index (χ3v) is 4.60. The molecular formula is C14H19N3O3S. The number of non-ortho nitro benzene ring substituents is 1. The average Bonchev–Trinajstić information content (AvgIpc) is 2.86. The Morgan fingerprint density at radius 3 is 2.71 bits per heavy atom. The second-order valence-corrected chi connectivity index (χ2v) is 6.26. The minimum atomic E-state index is -0.421. The van der Waals surface area contributed by atoms with Crippen LogP contribution in [0.2, 0.25) is 0 Å². The Morgan fingerprint density at radius 1 is 1.48 bits per heavy atom. The third kappa shape index (κ3) is 3.54. The van der Waals surface area contributed by atoms with Crippen LogP contribution >= 0.6 is 11.8 Å². The highest BCUT2D eigenvalue weighted by Gasteiger charge is 2.34. The van der Waals surface area contributed by atoms with Gasteiger partial charge in [-0.15, -0.1) is 0 Å². The van der Waals surface area contributed by atoms with Crippen LogP contribution in [0.4, 0.5) is 5.69 Å². The molecule has 0 radical (unpaired) electrons. The minimum Gasteiger partial charge on any atom is -0.318 e. The van der Waals surface area contributed by atoms with Gasteiger partial charge in [-0.25, -0.2) is 0 Å². The second-order valence-electron chi connectivity index (χ2n) is 4.94. The summed E-state index contributed by atoms with van der Waals surface area (Å²) in [5.41, 5.74) is 0.934. The predicted octanol–water partition coefficient (Wildman–Crippen LogP) is 2.17. The van der Waals surface area contributed by atoms with Gasteiger partial charge in [0.1, 0.15) is 6.17 Å². The van der Waals surface area contributed by atoms with Gasteiger partial charge in [0, 0.05) is 23.9 Å². The molecule has 1 saturated heterocycles. The van der Waals surface area contributed by atoms with E-state index in [1.807, 2.05) is 11.8 Å². The summed E-state index contributed by atoms with van der Waals surface area (Å²) >= 11 is 1.80. The van der Waals surface area contributed by atoms with Crippen LogP contribution in [0.3, 0.4) is 0 Å². The molecule has 0 bridgehead atoms. The summed E-state index contributed by atoms with van der Waals surface area (Å²) in [6.45, 7) is 4.43. The molecular weight excluding hydrogens is 290 g/mol. The normalized spacial score (nSPS) is 19.8. The molecule has 2 rings (SSSR count). The molecule has 0 saturated carbocycles. The predicted molar refractivity (Wildman–Crippen MR) is 83.1 cm³/mol. The zero-order chi connectivity index (χ0) is 15.4. The molecule has 1 aliphatic rings. The number of rotatable bonds is 6. The summed E-state index contributed by atoms with van der Waals surface area (Å²) in [6, 6.07) is 6.49. The number of benzene rings is 1. The summed E-state index contributed by atoms with van der Waals surface area (Å²) in [6.07, 6.45) is -0.203. The van der Waals surface area contributed by atoms with Gasteiger partial charge in [-0.3, -0.25) is 20.2 Å². The van der Waals surface area contributed by atoms with Crippen LogP contribution in [0.1, 0.15) is 25.6 Å². The van der Waals surface area contributed by atoms with Crippen LogP contribution < -0.4 is 5.32 Å². The number of thioether (sulfide) groups is 1. The Balaban J connectivity index is 2.16. The maximum Gasteiger partial charge on any atom is 0.269 e. The number of hydrogen-bond donors (Lipinski definition) is 1. The Bertz CT molecular complexity index is 521. The zero-order valence-electron chi connectivity index (χ0n) is 12.1. The standard InChI is InChI=1S/C14H19N3O3S/c1-3-21-9-10(2)16-13(18)8-15-14(16)11-4-6-12(7-5-11)17(19)20/h4-7,10,14-15H,3,8-9H2,1-2H3. The van der Waals surface area contributed by atoms with E-state index < -0.39 is 4.92 Å². The van der Waals surface area contributed by atoms with Crippen molar-refractivity contribution in [1.29, 1.82) is 0 Å². The molecule has 0 aliphatic carbocycles. The van der Waals surface area contributed by atoms with Crippen LogP contribution in [0.15, 0.2) is 24.3 Å². The van der Waals surface area contributed by atoms with Gasteiger partial charge in [-0.05, 0) is 30.4 Å². The SMILES string of the molecule is CCSCC(C)N1C(=O)CNC1c1ccc([N+](=O)[O-])cc1. The van der Waals surface area contributed by atoms with Crippen molar-refractivity contribution in [1.82, 2.24) is 10.2 Å². The molecule has 1 aromatic carbocycles. The topological polar surface area (TPSA) is 75.5 Å². The van der Waals surface area contributed by atoms with Crippen LogP contribution in [0.25, 0.3) is 0 Å². The summed E-state index contributed by atoms with van der Waals surface area (Å²) in [5.74, 6) is 1.97. The molecule has 1 fully saturated rings. The molecule has 2 atom stereocenters. The maximum atomic E-state index is 12.1. The summed E-state index contributed by atoms with van der Waals surface area (Å²) in [7, 11) is 0. The molecule has 1 aliphatic heterocycles. The zero-order valence-corrected chi connectivity index (χ0v) is 12.9. The molecule has 1 aromatic rings. The number of nitro groups is 1. The van der Waals surface area contributed by atoms with Gasteiger partial charge >= 0.3 is 0 Å². The average molecular weight is 309 g/mol. The first-order valence-electron chi connectivity index (χ1n) is 6.91. The fourth-order valence-corrected chi connectivity index (χ4v) is 3.18. The van der Waals surface area contributed by atoms with Crippen LogP contribution in [-0.4, -0.2) is 39.8 Å².